The quantitative estimate of drug-likeness (QED) is 0.543. The van der Waals surface area contributed by atoms with Gasteiger partial charge in [-0.3, -0.25) is 4.79 Å². The predicted octanol–water partition coefficient (Wildman–Crippen LogP) is 5.87. The van der Waals surface area contributed by atoms with E-state index in [9.17, 15) is 4.79 Å². The number of benzene rings is 2. The molecule has 0 amide bonds. The van der Waals surface area contributed by atoms with Crippen LogP contribution in [0.1, 0.15) is 41.5 Å². The number of carbonyl (C=O) groups is 1. The lowest BCUT2D eigenvalue weighted by atomic mass is 9.79. The summed E-state index contributed by atoms with van der Waals surface area (Å²) in [6.45, 7) is 0. The molecule has 0 N–H and O–H groups in total. The van der Waals surface area contributed by atoms with Crippen molar-refractivity contribution in [2.45, 2.75) is 32.1 Å². The van der Waals surface area contributed by atoms with Gasteiger partial charge in [0.25, 0.3) is 0 Å². The van der Waals surface area contributed by atoms with Crippen LogP contribution in [-0.4, -0.2) is 5.78 Å². The molecule has 27 heavy (non-hydrogen) atoms. The molecule has 3 aliphatic carbocycles. The summed E-state index contributed by atoms with van der Waals surface area (Å²) >= 11 is 0. The van der Waals surface area contributed by atoms with Gasteiger partial charge in [0.2, 0.25) is 0 Å². The molecular formula is C26H22O. The average Bonchev–Trinajstić information content (AvgIpc) is 2.73. The summed E-state index contributed by atoms with van der Waals surface area (Å²) in [6.07, 6.45) is 13.2. The molecule has 0 aromatic heterocycles. The topological polar surface area (TPSA) is 17.1 Å². The van der Waals surface area contributed by atoms with Crippen molar-refractivity contribution in [3.63, 3.8) is 0 Å². The summed E-state index contributed by atoms with van der Waals surface area (Å²) in [5.41, 5.74) is 9.66. The molecule has 0 spiro atoms. The van der Waals surface area contributed by atoms with Crippen molar-refractivity contribution in [3.8, 4) is 0 Å². The largest absolute Gasteiger partial charge is 0.289 e. The Balaban J connectivity index is 1.51. The fraction of sp³-hybridized carbons (Fsp3) is 0.192. The normalized spacial score (nSPS) is 23.9. The lowest BCUT2D eigenvalue weighted by molar-refractivity contribution is -0.113. The van der Waals surface area contributed by atoms with Gasteiger partial charge in [-0.25, -0.2) is 0 Å². The van der Waals surface area contributed by atoms with E-state index in [-0.39, 0.29) is 5.78 Å². The van der Waals surface area contributed by atoms with Crippen LogP contribution < -0.4 is 0 Å². The number of hydrogen-bond donors (Lipinski definition) is 0. The third kappa shape index (κ3) is 2.94. The number of Topliss-reactive ketones (excluding diaryl/α,β-unsaturated/α-hetero) is 1. The highest BCUT2D eigenvalue weighted by Gasteiger charge is 2.26. The Bertz CT molecular complexity index is 976. The first-order valence-electron chi connectivity index (χ1n) is 9.80. The van der Waals surface area contributed by atoms with E-state index in [1.807, 2.05) is 0 Å². The van der Waals surface area contributed by atoms with Crippen molar-refractivity contribution in [2.75, 3.05) is 0 Å². The van der Waals surface area contributed by atoms with Crippen LogP contribution in [0, 0.1) is 0 Å². The van der Waals surface area contributed by atoms with E-state index in [2.05, 4.69) is 72.8 Å². The molecule has 132 valence electrons. The van der Waals surface area contributed by atoms with Crippen molar-refractivity contribution >= 4 is 17.9 Å². The number of allylic oxidation sites excluding steroid dienone is 6. The molecule has 5 rings (SSSR count). The number of rotatable bonds is 0. The summed E-state index contributed by atoms with van der Waals surface area (Å²) in [4.78, 5) is 13.4. The second kappa shape index (κ2) is 6.66. The molecule has 0 atom stereocenters. The molecule has 0 unspecified atom stereocenters. The summed E-state index contributed by atoms with van der Waals surface area (Å²) in [5, 5.41) is 0. The second-order valence-corrected chi connectivity index (χ2v) is 7.61. The SMILES string of the molecule is O=C1/C(=C2\C=Cc3ccccc3C2)CCC/C1=C1\C=Cc2ccccc2C1. The van der Waals surface area contributed by atoms with Gasteiger partial charge in [0.05, 0.1) is 0 Å². The van der Waals surface area contributed by atoms with Crippen LogP contribution in [-0.2, 0) is 17.6 Å². The van der Waals surface area contributed by atoms with Gasteiger partial charge >= 0.3 is 0 Å². The van der Waals surface area contributed by atoms with Gasteiger partial charge in [-0.05, 0) is 65.5 Å². The molecule has 1 nitrogen and oxygen atoms in total. The summed E-state index contributed by atoms with van der Waals surface area (Å²) in [7, 11) is 0. The maximum atomic E-state index is 13.4. The molecule has 1 saturated carbocycles. The van der Waals surface area contributed by atoms with E-state index in [1.54, 1.807) is 0 Å². The Morgan fingerprint density at radius 2 is 1.07 bits per heavy atom. The Morgan fingerprint density at radius 1 is 0.593 bits per heavy atom. The molecule has 2 aromatic carbocycles. The van der Waals surface area contributed by atoms with Gasteiger partial charge in [0, 0.05) is 11.1 Å². The highest BCUT2D eigenvalue weighted by atomic mass is 16.1. The standard InChI is InChI=1S/C26H22O/c27-26-24(22-14-12-18-6-1-3-8-20(18)16-22)10-5-11-25(26)23-15-13-19-7-2-4-9-21(19)17-23/h1-4,6-9,12-15H,5,10-11,16-17H2/b24-22-,25-23+. The van der Waals surface area contributed by atoms with Crippen LogP contribution in [0.4, 0.5) is 0 Å². The first kappa shape index (κ1) is 16.3. The minimum absolute atomic E-state index is 0.277. The van der Waals surface area contributed by atoms with Crippen molar-refractivity contribution in [2.24, 2.45) is 0 Å². The van der Waals surface area contributed by atoms with E-state index in [0.717, 1.165) is 43.3 Å². The zero-order valence-corrected chi connectivity index (χ0v) is 15.4. The van der Waals surface area contributed by atoms with Gasteiger partial charge in [-0.15, -0.1) is 0 Å². The smallest absolute Gasteiger partial charge is 0.185 e. The van der Waals surface area contributed by atoms with Crippen LogP contribution in [0.2, 0.25) is 0 Å². The van der Waals surface area contributed by atoms with Gasteiger partial charge in [-0.2, -0.15) is 0 Å². The molecule has 3 aliphatic rings. The fourth-order valence-corrected chi connectivity index (χ4v) is 4.50. The van der Waals surface area contributed by atoms with E-state index < -0.39 is 0 Å². The van der Waals surface area contributed by atoms with E-state index in [0.29, 0.717) is 0 Å². The molecule has 0 aliphatic heterocycles. The maximum absolute atomic E-state index is 13.4. The molecule has 1 fully saturated rings. The first-order valence-corrected chi connectivity index (χ1v) is 9.80. The van der Waals surface area contributed by atoms with Gasteiger partial charge in [0.1, 0.15) is 0 Å². The maximum Gasteiger partial charge on any atom is 0.185 e. The van der Waals surface area contributed by atoms with Gasteiger partial charge < -0.3 is 0 Å². The average molecular weight is 350 g/mol. The molecule has 2 aromatic rings. The number of carbonyl (C=O) groups excluding carboxylic acids is 1. The minimum Gasteiger partial charge on any atom is -0.289 e. The van der Waals surface area contributed by atoms with E-state index >= 15 is 0 Å². The van der Waals surface area contributed by atoms with E-state index in [1.165, 1.54) is 33.4 Å². The van der Waals surface area contributed by atoms with Crippen LogP contribution in [0.5, 0.6) is 0 Å². The number of hydrogen-bond acceptors (Lipinski definition) is 1. The molecule has 0 heterocycles. The Kier molecular flexibility index (Phi) is 4.01. The Hall–Kier alpha value is -2.93. The van der Waals surface area contributed by atoms with E-state index in [4.69, 9.17) is 0 Å². The minimum atomic E-state index is 0.277. The molecule has 0 bridgehead atoms. The van der Waals surface area contributed by atoms with Crippen molar-refractivity contribution < 1.29 is 4.79 Å². The third-order valence-electron chi connectivity index (χ3n) is 5.98. The molecule has 1 heteroatoms. The van der Waals surface area contributed by atoms with Crippen LogP contribution in [0.25, 0.3) is 12.2 Å². The number of fused-ring (bicyclic) bond motifs is 2. The lowest BCUT2D eigenvalue weighted by Crippen LogP contribution is -2.18. The summed E-state index contributed by atoms with van der Waals surface area (Å²) < 4.78 is 0. The predicted molar refractivity (Wildman–Crippen MR) is 111 cm³/mol. The van der Waals surface area contributed by atoms with Crippen LogP contribution >= 0.6 is 0 Å². The zero-order valence-electron chi connectivity index (χ0n) is 15.4. The summed E-state index contributed by atoms with van der Waals surface area (Å²) in [5.74, 6) is 0.277. The molecule has 0 radical (unpaired) electrons. The third-order valence-corrected chi connectivity index (χ3v) is 5.98. The van der Waals surface area contributed by atoms with Gasteiger partial charge in [0.15, 0.2) is 5.78 Å². The Labute approximate surface area is 160 Å². The van der Waals surface area contributed by atoms with Crippen molar-refractivity contribution in [3.05, 3.63) is 105 Å². The van der Waals surface area contributed by atoms with Crippen LogP contribution in [0.3, 0.4) is 0 Å². The first-order chi connectivity index (χ1) is 13.3. The zero-order chi connectivity index (χ0) is 18.2. The highest BCUT2D eigenvalue weighted by molar-refractivity contribution is 6.11. The second-order valence-electron chi connectivity index (χ2n) is 7.61. The van der Waals surface area contributed by atoms with Crippen molar-refractivity contribution in [1.82, 2.24) is 0 Å². The van der Waals surface area contributed by atoms with Gasteiger partial charge in [-0.1, -0.05) is 72.8 Å². The molecule has 0 saturated heterocycles. The fourth-order valence-electron chi connectivity index (χ4n) is 4.50. The monoisotopic (exact) mass is 350 g/mol. The van der Waals surface area contributed by atoms with Crippen molar-refractivity contribution in [1.29, 1.82) is 0 Å². The highest BCUT2D eigenvalue weighted by Crippen LogP contribution is 2.35. The summed E-state index contributed by atoms with van der Waals surface area (Å²) in [6, 6.07) is 17.0. The molecular weight excluding hydrogens is 328 g/mol. The Morgan fingerprint density at radius 3 is 1.59 bits per heavy atom. The van der Waals surface area contributed by atoms with Crippen LogP contribution in [0.15, 0.2) is 83.0 Å². The number of ketones is 1. The lowest BCUT2D eigenvalue weighted by Gasteiger charge is -2.24.